The average molecular weight is 349 g/mol. The Labute approximate surface area is 149 Å². The Kier molecular flexibility index (Phi) is 5.40. The summed E-state index contributed by atoms with van der Waals surface area (Å²) in [7, 11) is 0. The first-order valence-electron chi connectivity index (χ1n) is 8.88. The molecule has 1 amide bonds. The Balaban J connectivity index is 1.61. The van der Waals surface area contributed by atoms with Gasteiger partial charge in [0.1, 0.15) is 5.60 Å². The van der Waals surface area contributed by atoms with E-state index in [-0.39, 0.29) is 6.09 Å². The SMILES string of the molecule is CC(C)(C)OC(=O)N1CCC[C@H](N[C@H]2CCSc3ccccc32)C1. The number of fused-ring (bicyclic) bond motifs is 1. The summed E-state index contributed by atoms with van der Waals surface area (Å²) in [4.78, 5) is 15.6. The minimum absolute atomic E-state index is 0.186. The molecule has 2 atom stereocenters. The Morgan fingerprint density at radius 3 is 2.88 bits per heavy atom. The quantitative estimate of drug-likeness (QED) is 0.869. The van der Waals surface area contributed by atoms with Crippen LogP contribution in [0, 0.1) is 0 Å². The molecule has 2 aliphatic heterocycles. The number of carbonyl (C=O) groups is 1. The molecule has 0 aromatic heterocycles. The first kappa shape index (κ1) is 17.6. The fraction of sp³-hybridized carbons (Fsp3) is 0.632. The van der Waals surface area contributed by atoms with Crippen LogP contribution in [0.4, 0.5) is 4.79 Å². The molecule has 3 rings (SSSR count). The summed E-state index contributed by atoms with van der Waals surface area (Å²) >= 11 is 1.94. The van der Waals surface area contributed by atoms with Crippen molar-refractivity contribution in [3.05, 3.63) is 29.8 Å². The average Bonchev–Trinajstić information content (AvgIpc) is 2.54. The van der Waals surface area contributed by atoms with Gasteiger partial charge >= 0.3 is 6.09 Å². The third-order valence-corrected chi connectivity index (χ3v) is 5.59. The second-order valence-electron chi connectivity index (χ2n) is 7.66. The van der Waals surface area contributed by atoms with Gasteiger partial charge < -0.3 is 15.0 Å². The number of piperidine rings is 1. The fourth-order valence-electron chi connectivity index (χ4n) is 3.41. The van der Waals surface area contributed by atoms with Gasteiger partial charge in [-0.15, -0.1) is 11.8 Å². The van der Waals surface area contributed by atoms with E-state index in [9.17, 15) is 4.79 Å². The zero-order valence-corrected chi connectivity index (χ0v) is 15.7. The number of hydrogen-bond donors (Lipinski definition) is 1. The standard InChI is InChI=1S/C19H28N2O2S/c1-19(2,3)23-18(22)21-11-6-7-14(13-21)20-16-10-12-24-17-9-5-4-8-15(16)17/h4-5,8-9,14,16,20H,6-7,10-13H2,1-3H3/t14-,16-/m0/s1. The number of nitrogens with zero attached hydrogens (tertiary/aromatic N) is 1. The van der Waals surface area contributed by atoms with Crippen LogP contribution in [0.15, 0.2) is 29.2 Å². The van der Waals surface area contributed by atoms with E-state index in [0.29, 0.717) is 12.1 Å². The van der Waals surface area contributed by atoms with Crippen LogP contribution < -0.4 is 5.32 Å². The Bertz CT molecular complexity index is 585. The monoisotopic (exact) mass is 348 g/mol. The topological polar surface area (TPSA) is 41.6 Å². The van der Waals surface area contributed by atoms with Gasteiger partial charge in [0.15, 0.2) is 0 Å². The molecule has 2 heterocycles. The van der Waals surface area contributed by atoms with Crippen molar-refractivity contribution in [3.8, 4) is 0 Å². The summed E-state index contributed by atoms with van der Waals surface area (Å²) in [6.45, 7) is 7.29. The third-order valence-electron chi connectivity index (χ3n) is 4.47. The van der Waals surface area contributed by atoms with Crippen molar-refractivity contribution < 1.29 is 9.53 Å². The predicted octanol–water partition coefficient (Wildman–Crippen LogP) is 4.21. The van der Waals surface area contributed by atoms with E-state index in [1.165, 1.54) is 10.5 Å². The summed E-state index contributed by atoms with van der Waals surface area (Å²) in [5.74, 6) is 1.15. The van der Waals surface area contributed by atoms with Gasteiger partial charge in [-0.25, -0.2) is 4.79 Å². The zero-order chi connectivity index (χ0) is 17.2. The van der Waals surface area contributed by atoms with Crippen LogP contribution in [0.5, 0.6) is 0 Å². The van der Waals surface area contributed by atoms with Crippen LogP contribution in [-0.4, -0.2) is 41.5 Å². The van der Waals surface area contributed by atoms with E-state index >= 15 is 0 Å². The largest absolute Gasteiger partial charge is 0.444 e. The molecule has 5 heteroatoms. The van der Waals surface area contributed by atoms with Crippen molar-refractivity contribution >= 4 is 17.9 Å². The Hall–Kier alpha value is -1.20. The van der Waals surface area contributed by atoms with Crippen molar-refractivity contribution in [1.29, 1.82) is 0 Å². The summed E-state index contributed by atoms with van der Waals surface area (Å²) in [6.07, 6.45) is 3.10. The summed E-state index contributed by atoms with van der Waals surface area (Å²) in [5.41, 5.74) is 0.972. The van der Waals surface area contributed by atoms with E-state index in [0.717, 1.165) is 38.1 Å². The van der Waals surface area contributed by atoms with E-state index in [2.05, 4.69) is 29.6 Å². The molecule has 0 saturated carbocycles. The van der Waals surface area contributed by atoms with Gasteiger partial charge in [0, 0.05) is 30.1 Å². The van der Waals surface area contributed by atoms with Gasteiger partial charge in [0.2, 0.25) is 0 Å². The predicted molar refractivity (Wildman–Crippen MR) is 98.5 cm³/mol. The normalized spacial score (nSPS) is 24.4. The van der Waals surface area contributed by atoms with Crippen LogP contribution in [0.1, 0.15) is 51.6 Å². The Morgan fingerprint density at radius 2 is 2.08 bits per heavy atom. The van der Waals surface area contributed by atoms with Crippen LogP contribution in [-0.2, 0) is 4.74 Å². The number of carbonyl (C=O) groups excluding carboxylic acids is 1. The maximum Gasteiger partial charge on any atom is 0.410 e. The molecule has 0 aliphatic carbocycles. The number of thioether (sulfide) groups is 1. The van der Waals surface area contributed by atoms with Crippen molar-refractivity contribution in [2.75, 3.05) is 18.8 Å². The number of benzene rings is 1. The molecule has 2 aliphatic rings. The second kappa shape index (κ2) is 7.36. The molecule has 4 nitrogen and oxygen atoms in total. The minimum Gasteiger partial charge on any atom is -0.444 e. The number of hydrogen-bond acceptors (Lipinski definition) is 4. The highest BCUT2D eigenvalue weighted by Gasteiger charge is 2.30. The lowest BCUT2D eigenvalue weighted by Gasteiger charge is -2.37. The first-order chi connectivity index (χ1) is 11.4. The maximum absolute atomic E-state index is 12.3. The molecule has 132 valence electrons. The van der Waals surface area contributed by atoms with E-state index in [1.807, 2.05) is 37.4 Å². The lowest BCUT2D eigenvalue weighted by molar-refractivity contribution is 0.0183. The molecule has 0 unspecified atom stereocenters. The van der Waals surface area contributed by atoms with E-state index < -0.39 is 5.60 Å². The second-order valence-corrected chi connectivity index (χ2v) is 8.80. The highest BCUT2D eigenvalue weighted by atomic mass is 32.2. The summed E-state index contributed by atoms with van der Waals surface area (Å²) < 4.78 is 5.53. The maximum atomic E-state index is 12.3. The van der Waals surface area contributed by atoms with E-state index in [1.54, 1.807) is 0 Å². The summed E-state index contributed by atoms with van der Waals surface area (Å²) in [6, 6.07) is 9.40. The van der Waals surface area contributed by atoms with Gasteiger partial charge in [-0.3, -0.25) is 0 Å². The van der Waals surface area contributed by atoms with Crippen LogP contribution in [0.25, 0.3) is 0 Å². The van der Waals surface area contributed by atoms with Crippen LogP contribution in [0.2, 0.25) is 0 Å². The molecule has 1 N–H and O–H groups in total. The van der Waals surface area contributed by atoms with Crippen LogP contribution >= 0.6 is 11.8 Å². The third kappa shape index (κ3) is 4.45. The lowest BCUT2D eigenvalue weighted by atomic mass is 9.99. The number of likely N-dealkylation sites (tertiary alicyclic amines) is 1. The molecular formula is C19H28N2O2S. The molecule has 0 spiro atoms. The smallest absolute Gasteiger partial charge is 0.410 e. The highest BCUT2D eigenvalue weighted by molar-refractivity contribution is 7.99. The number of nitrogens with one attached hydrogen (secondary N) is 1. The minimum atomic E-state index is -0.434. The van der Waals surface area contributed by atoms with Crippen molar-refractivity contribution in [1.82, 2.24) is 10.2 Å². The first-order valence-corrected chi connectivity index (χ1v) is 9.86. The van der Waals surface area contributed by atoms with E-state index in [4.69, 9.17) is 4.74 Å². The molecule has 1 saturated heterocycles. The fourth-order valence-corrected chi connectivity index (χ4v) is 4.53. The lowest BCUT2D eigenvalue weighted by Crippen LogP contribution is -2.50. The molecule has 0 bridgehead atoms. The number of ether oxygens (including phenoxy) is 1. The number of rotatable bonds is 2. The molecule has 1 fully saturated rings. The molecule has 1 aromatic carbocycles. The van der Waals surface area contributed by atoms with Gasteiger partial charge in [-0.2, -0.15) is 0 Å². The molecular weight excluding hydrogens is 320 g/mol. The zero-order valence-electron chi connectivity index (χ0n) is 14.9. The van der Waals surface area contributed by atoms with Crippen molar-refractivity contribution in [2.24, 2.45) is 0 Å². The number of amides is 1. The van der Waals surface area contributed by atoms with Crippen LogP contribution in [0.3, 0.4) is 0 Å². The highest BCUT2D eigenvalue weighted by Crippen LogP contribution is 2.36. The van der Waals surface area contributed by atoms with Gasteiger partial charge in [-0.05, 0) is 57.4 Å². The van der Waals surface area contributed by atoms with Gasteiger partial charge in [0.25, 0.3) is 0 Å². The molecule has 1 aromatic rings. The van der Waals surface area contributed by atoms with Crippen molar-refractivity contribution in [2.45, 2.75) is 62.6 Å². The van der Waals surface area contributed by atoms with Gasteiger partial charge in [-0.1, -0.05) is 18.2 Å². The van der Waals surface area contributed by atoms with Gasteiger partial charge in [0.05, 0.1) is 0 Å². The summed E-state index contributed by atoms with van der Waals surface area (Å²) in [5, 5.41) is 3.80. The molecule has 0 radical (unpaired) electrons. The Morgan fingerprint density at radius 1 is 1.29 bits per heavy atom. The van der Waals surface area contributed by atoms with Crippen molar-refractivity contribution in [3.63, 3.8) is 0 Å². The molecule has 24 heavy (non-hydrogen) atoms.